The van der Waals surface area contributed by atoms with Crippen molar-refractivity contribution >= 4 is 17.6 Å². The molecule has 1 aliphatic heterocycles. The molecule has 1 heterocycles. The molecular formula is C22H39ClN6. The lowest BCUT2D eigenvalue weighted by atomic mass is 10.1. The standard InChI is InChI=1S/C22H39ClN6/c1-6-24-22(25-15-18-17-27(4)13-14-28(18)5)26-16-21(29(7-2)8-3)19-11-9-10-12-20(19)23/h9-12,18,21H,6-8,13-17H2,1-5H3,(H2,24,25,26). The topological polar surface area (TPSA) is 46.1 Å². The summed E-state index contributed by atoms with van der Waals surface area (Å²) < 4.78 is 0. The van der Waals surface area contributed by atoms with Gasteiger partial charge in [0.25, 0.3) is 0 Å². The number of nitrogens with one attached hydrogen (secondary N) is 2. The van der Waals surface area contributed by atoms with Gasteiger partial charge in [-0.1, -0.05) is 43.6 Å². The van der Waals surface area contributed by atoms with Crippen molar-refractivity contribution in [2.75, 3.05) is 66.5 Å². The highest BCUT2D eigenvalue weighted by atomic mass is 35.5. The normalized spacial score (nSPS) is 20.1. The van der Waals surface area contributed by atoms with E-state index in [-0.39, 0.29) is 6.04 Å². The van der Waals surface area contributed by atoms with Gasteiger partial charge >= 0.3 is 0 Å². The predicted molar refractivity (Wildman–Crippen MR) is 125 cm³/mol. The predicted octanol–water partition coefficient (Wildman–Crippen LogP) is 2.52. The van der Waals surface area contributed by atoms with Gasteiger partial charge in [-0.3, -0.25) is 14.8 Å². The zero-order valence-corrected chi connectivity index (χ0v) is 19.5. The van der Waals surface area contributed by atoms with E-state index in [4.69, 9.17) is 16.6 Å². The van der Waals surface area contributed by atoms with Crippen molar-refractivity contribution in [1.29, 1.82) is 0 Å². The van der Waals surface area contributed by atoms with Crippen molar-refractivity contribution in [3.8, 4) is 0 Å². The average Bonchev–Trinajstić information content (AvgIpc) is 2.72. The molecule has 164 valence electrons. The molecule has 0 aromatic heterocycles. The summed E-state index contributed by atoms with van der Waals surface area (Å²) in [7, 11) is 4.40. The Morgan fingerprint density at radius 1 is 1.17 bits per heavy atom. The molecule has 6 nitrogen and oxygen atoms in total. The first kappa shape index (κ1) is 23.9. The van der Waals surface area contributed by atoms with Gasteiger partial charge in [-0.05, 0) is 45.7 Å². The molecule has 7 heteroatoms. The lowest BCUT2D eigenvalue weighted by molar-refractivity contribution is 0.116. The zero-order chi connectivity index (χ0) is 21.2. The number of benzene rings is 1. The van der Waals surface area contributed by atoms with Crippen LogP contribution in [0.25, 0.3) is 0 Å². The SMILES string of the molecule is CCNC(=NCC(c1ccccc1Cl)N(CC)CC)NCC1CN(C)CCN1C. The van der Waals surface area contributed by atoms with Crippen molar-refractivity contribution in [2.24, 2.45) is 4.99 Å². The lowest BCUT2D eigenvalue weighted by Gasteiger charge is -2.38. The van der Waals surface area contributed by atoms with Crippen LogP contribution in [-0.2, 0) is 0 Å². The molecule has 2 rings (SSSR count). The molecule has 1 aliphatic rings. The number of piperazine rings is 1. The van der Waals surface area contributed by atoms with Gasteiger partial charge in [0.2, 0.25) is 0 Å². The number of likely N-dealkylation sites (N-methyl/N-ethyl adjacent to an activating group) is 3. The number of aliphatic imine (C=N–C) groups is 1. The smallest absolute Gasteiger partial charge is 0.191 e. The molecule has 2 atom stereocenters. The van der Waals surface area contributed by atoms with Gasteiger partial charge in [0.15, 0.2) is 5.96 Å². The molecule has 1 fully saturated rings. The van der Waals surface area contributed by atoms with Gasteiger partial charge in [0.05, 0.1) is 12.6 Å². The molecule has 0 aliphatic carbocycles. The minimum atomic E-state index is 0.164. The van der Waals surface area contributed by atoms with Crippen molar-refractivity contribution in [3.05, 3.63) is 34.9 Å². The fourth-order valence-electron chi connectivity index (χ4n) is 3.88. The molecule has 1 aromatic rings. The van der Waals surface area contributed by atoms with Gasteiger partial charge in [-0.15, -0.1) is 0 Å². The number of halogens is 1. The third kappa shape index (κ3) is 7.14. The van der Waals surface area contributed by atoms with Crippen molar-refractivity contribution in [3.63, 3.8) is 0 Å². The van der Waals surface area contributed by atoms with Crippen molar-refractivity contribution in [2.45, 2.75) is 32.9 Å². The summed E-state index contributed by atoms with van der Waals surface area (Å²) >= 11 is 6.53. The maximum atomic E-state index is 6.53. The number of guanidine groups is 1. The Morgan fingerprint density at radius 3 is 2.55 bits per heavy atom. The second-order valence-electron chi connectivity index (χ2n) is 7.76. The summed E-state index contributed by atoms with van der Waals surface area (Å²) in [5.41, 5.74) is 1.14. The van der Waals surface area contributed by atoms with Gasteiger partial charge in [-0.2, -0.15) is 0 Å². The van der Waals surface area contributed by atoms with Crippen LogP contribution >= 0.6 is 11.6 Å². The maximum Gasteiger partial charge on any atom is 0.191 e. The zero-order valence-electron chi connectivity index (χ0n) is 18.8. The Labute approximate surface area is 182 Å². The number of nitrogens with zero attached hydrogens (tertiary/aromatic N) is 4. The van der Waals surface area contributed by atoms with E-state index in [9.17, 15) is 0 Å². The Balaban J connectivity index is 2.11. The summed E-state index contributed by atoms with van der Waals surface area (Å²) in [6.07, 6.45) is 0. The van der Waals surface area contributed by atoms with E-state index in [2.05, 4.69) is 72.3 Å². The van der Waals surface area contributed by atoms with E-state index >= 15 is 0 Å². The number of hydrogen-bond donors (Lipinski definition) is 2. The second kappa shape index (κ2) is 12.4. The minimum absolute atomic E-state index is 0.164. The number of rotatable bonds is 9. The summed E-state index contributed by atoms with van der Waals surface area (Å²) in [6, 6.07) is 8.78. The Bertz CT molecular complexity index is 633. The average molecular weight is 423 g/mol. The third-order valence-electron chi connectivity index (χ3n) is 5.77. The molecule has 0 bridgehead atoms. The quantitative estimate of drug-likeness (QED) is 0.473. The van der Waals surface area contributed by atoms with Gasteiger partial charge in [0, 0.05) is 43.8 Å². The highest BCUT2D eigenvalue weighted by Crippen LogP contribution is 2.27. The summed E-state index contributed by atoms with van der Waals surface area (Å²) in [5, 5.41) is 7.77. The van der Waals surface area contributed by atoms with Crippen LogP contribution in [0, 0.1) is 0 Å². The third-order valence-corrected chi connectivity index (χ3v) is 6.11. The van der Waals surface area contributed by atoms with E-state index in [1.165, 1.54) is 0 Å². The molecular weight excluding hydrogens is 384 g/mol. The number of hydrogen-bond acceptors (Lipinski definition) is 4. The molecule has 0 saturated carbocycles. The van der Waals surface area contributed by atoms with Gasteiger partial charge in [-0.25, -0.2) is 0 Å². The molecule has 1 aromatic carbocycles. The molecule has 2 N–H and O–H groups in total. The fraction of sp³-hybridized carbons (Fsp3) is 0.682. The van der Waals surface area contributed by atoms with Gasteiger partial charge in [0.1, 0.15) is 0 Å². The van der Waals surface area contributed by atoms with Crippen LogP contribution in [-0.4, -0.2) is 93.2 Å². The van der Waals surface area contributed by atoms with E-state index in [0.29, 0.717) is 12.6 Å². The first-order chi connectivity index (χ1) is 14.0. The first-order valence-corrected chi connectivity index (χ1v) is 11.3. The second-order valence-corrected chi connectivity index (χ2v) is 8.16. The fourth-order valence-corrected chi connectivity index (χ4v) is 4.14. The minimum Gasteiger partial charge on any atom is -0.357 e. The Kier molecular flexibility index (Phi) is 10.2. The van der Waals surface area contributed by atoms with Crippen LogP contribution in [0.3, 0.4) is 0 Å². The lowest BCUT2D eigenvalue weighted by Crippen LogP contribution is -2.55. The molecule has 2 unspecified atom stereocenters. The van der Waals surface area contributed by atoms with Crippen LogP contribution in [0.5, 0.6) is 0 Å². The van der Waals surface area contributed by atoms with Gasteiger partial charge < -0.3 is 15.5 Å². The largest absolute Gasteiger partial charge is 0.357 e. The highest BCUT2D eigenvalue weighted by Gasteiger charge is 2.23. The van der Waals surface area contributed by atoms with E-state index in [0.717, 1.165) is 62.4 Å². The summed E-state index contributed by atoms with van der Waals surface area (Å²) in [4.78, 5) is 12.2. The Morgan fingerprint density at radius 2 is 1.90 bits per heavy atom. The van der Waals surface area contributed by atoms with Crippen LogP contribution in [0.2, 0.25) is 5.02 Å². The van der Waals surface area contributed by atoms with Crippen LogP contribution in [0.15, 0.2) is 29.3 Å². The molecule has 29 heavy (non-hydrogen) atoms. The highest BCUT2D eigenvalue weighted by molar-refractivity contribution is 6.31. The summed E-state index contributed by atoms with van der Waals surface area (Å²) in [5.74, 6) is 0.873. The summed E-state index contributed by atoms with van der Waals surface area (Å²) in [6.45, 7) is 14.1. The molecule has 1 saturated heterocycles. The van der Waals surface area contributed by atoms with Crippen molar-refractivity contribution in [1.82, 2.24) is 25.3 Å². The van der Waals surface area contributed by atoms with E-state index < -0.39 is 0 Å². The molecule has 0 radical (unpaired) electrons. The van der Waals surface area contributed by atoms with Crippen LogP contribution < -0.4 is 10.6 Å². The monoisotopic (exact) mass is 422 g/mol. The maximum absolute atomic E-state index is 6.53. The van der Waals surface area contributed by atoms with E-state index in [1.54, 1.807) is 0 Å². The van der Waals surface area contributed by atoms with Crippen LogP contribution in [0.1, 0.15) is 32.4 Å². The van der Waals surface area contributed by atoms with Crippen LogP contribution in [0.4, 0.5) is 0 Å². The molecule has 0 spiro atoms. The Hall–Kier alpha value is -1.34. The van der Waals surface area contributed by atoms with Crippen molar-refractivity contribution < 1.29 is 0 Å². The first-order valence-electron chi connectivity index (χ1n) is 10.9. The molecule has 0 amide bonds. The van der Waals surface area contributed by atoms with E-state index in [1.807, 2.05) is 12.1 Å².